The van der Waals surface area contributed by atoms with E-state index >= 15 is 0 Å². The molecule has 132 valence electrons. The number of hydrogen-bond acceptors (Lipinski definition) is 5. The Bertz CT molecular complexity index is 584. The molecule has 6 heteroatoms. The molecule has 2 heterocycles. The van der Waals surface area contributed by atoms with E-state index in [0.29, 0.717) is 6.04 Å². The molecule has 2 aromatic rings. The van der Waals surface area contributed by atoms with Gasteiger partial charge in [-0.2, -0.15) is 4.98 Å². The number of rotatable bonds is 7. The van der Waals surface area contributed by atoms with E-state index in [1.54, 1.807) is 0 Å². The van der Waals surface area contributed by atoms with Crippen LogP contribution in [0.2, 0.25) is 0 Å². The molecule has 0 unspecified atom stereocenters. The number of nitrogens with zero attached hydrogens (tertiary/aromatic N) is 3. The van der Waals surface area contributed by atoms with Crippen molar-refractivity contribution in [1.82, 2.24) is 20.4 Å². The first kappa shape index (κ1) is 18.9. The number of piperidine rings is 1. The highest BCUT2D eigenvalue weighted by atomic mass is 35.5. The Kier molecular flexibility index (Phi) is 7.69. The van der Waals surface area contributed by atoms with Gasteiger partial charge in [0.2, 0.25) is 5.89 Å². The minimum absolute atomic E-state index is 0. The second-order valence-electron chi connectivity index (χ2n) is 6.22. The minimum Gasteiger partial charge on any atom is -0.338 e. The van der Waals surface area contributed by atoms with Gasteiger partial charge in [0.25, 0.3) is 0 Å². The van der Waals surface area contributed by atoms with Crippen molar-refractivity contribution in [3.8, 4) is 0 Å². The summed E-state index contributed by atoms with van der Waals surface area (Å²) in [6, 6.07) is 10.9. The molecular formula is C18H27ClN4O. The molecule has 0 amide bonds. The van der Waals surface area contributed by atoms with Gasteiger partial charge in [-0.25, -0.2) is 0 Å². The second kappa shape index (κ2) is 9.77. The fourth-order valence-electron chi connectivity index (χ4n) is 3.23. The first-order chi connectivity index (χ1) is 11.3. The van der Waals surface area contributed by atoms with E-state index in [1.807, 2.05) is 18.2 Å². The third-order valence-corrected chi connectivity index (χ3v) is 4.39. The van der Waals surface area contributed by atoms with Gasteiger partial charge in [-0.1, -0.05) is 42.4 Å². The topological polar surface area (TPSA) is 54.2 Å². The van der Waals surface area contributed by atoms with Crippen molar-refractivity contribution in [3.05, 3.63) is 47.6 Å². The van der Waals surface area contributed by atoms with E-state index in [9.17, 15) is 0 Å². The van der Waals surface area contributed by atoms with Crippen LogP contribution in [-0.4, -0.2) is 40.7 Å². The lowest BCUT2D eigenvalue weighted by molar-refractivity contribution is 0.137. The van der Waals surface area contributed by atoms with Crippen LogP contribution >= 0.6 is 12.4 Å². The predicted molar refractivity (Wildman–Crippen MR) is 97.4 cm³/mol. The summed E-state index contributed by atoms with van der Waals surface area (Å²) in [5.41, 5.74) is 1.21. The van der Waals surface area contributed by atoms with Crippen molar-refractivity contribution in [3.63, 3.8) is 0 Å². The van der Waals surface area contributed by atoms with Crippen LogP contribution in [0.1, 0.15) is 43.5 Å². The monoisotopic (exact) mass is 350 g/mol. The van der Waals surface area contributed by atoms with Gasteiger partial charge < -0.3 is 9.84 Å². The van der Waals surface area contributed by atoms with Crippen LogP contribution < -0.4 is 5.32 Å². The highest BCUT2D eigenvalue weighted by Gasteiger charge is 2.22. The largest absolute Gasteiger partial charge is 0.338 e. The summed E-state index contributed by atoms with van der Waals surface area (Å²) in [5, 5.41) is 7.57. The van der Waals surface area contributed by atoms with Crippen LogP contribution in [0.4, 0.5) is 0 Å². The molecule has 1 aliphatic heterocycles. The predicted octanol–water partition coefficient (Wildman–Crippen LogP) is 3.05. The van der Waals surface area contributed by atoms with Crippen molar-refractivity contribution in [1.29, 1.82) is 0 Å². The van der Waals surface area contributed by atoms with Crippen molar-refractivity contribution in [2.24, 2.45) is 0 Å². The van der Waals surface area contributed by atoms with Crippen molar-refractivity contribution in [2.45, 2.75) is 45.2 Å². The van der Waals surface area contributed by atoms with Crippen LogP contribution in [-0.2, 0) is 13.0 Å². The van der Waals surface area contributed by atoms with E-state index in [0.717, 1.165) is 50.7 Å². The summed E-state index contributed by atoms with van der Waals surface area (Å²) in [7, 11) is 0. The van der Waals surface area contributed by atoms with Gasteiger partial charge >= 0.3 is 0 Å². The third-order valence-electron chi connectivity index (χ3n) is 4.39. The Labute approximate surface area is 150 Å². The molecular weight excluding hydrogens is 324 g/mol. The molecule has 0 atom stereocenters. The van der Waals surface area contributed by atoms with Gasteiger partial charge in [0.05, 0.1) is 6.54 Å². The number of halogens is 1. The zero-order chi connectivity index (χ0) is 15.9. The fourth-order valence-corrected chi connectivity index (χ4v) is 3.23. The van der Waals surface area contributed by atoms with Gasteiger partial charge in [-0.3, -0.25) is 4.90 Å². The molecule has 1 N–H and O–H groups in total. The lowest BCUT2D eigenvalue weighted by Gasteiger charge is -2.33. The zero-order valence-corrected chi connectivity index (χ0v) is 15.1. The lowest BCUT2D eigenvalue weighted by atomic mass is 10.0. The van der Waals surface area contributed by atoms with Gasteiger partial charge in [0, 0.05) is 12.5 Å². The molecule has 1 aliphatic rings. The summed E-state index contributed by atoms with van der Waals surface area (Å²) in [6.07, 6.45) is 4.27. The first-order valence-electron chi connectivity index (χ1n) is 8.65. The van der Waals surface area contributed by atoms with Gasteiger partial charge in [-0.05, 0) is 44.5 Å². The normalized spacial score (nSPS) is 15.4. The summed E-state index contributed by atoms with van der Waals surface area (Å²) in [6.45, 7) is 6.28. The molecule has 0 aliphatic carbocycles. The Morgan fingerprint density at radius 2 is 1.96 bits per heavy atom. The van der Waals surface area contributed by atoms with Crippen LogP contribution in [0, 0.1) is 0 Å². The number of benzene rings is 1. The zero-order valence-electron chi connectivity index (χ0n) is 14.3. The molecule has 1 saturated heterocycles. The lowest BCUT2D eigenvalue weighted by Crippen LogP contribution is -2.43. The minimum atomic E-state index is 0. The molecule has 24 heavy (non-hydrogen) atoms. The molecule has 1 aromatic heterocycles. The molecule has 0 saturated carbocycles. The van der Waals surface area contributed by atoms with E-state index in [2.05, 4.69) is 39.4 Å². The fraction of sp³-hybridized carbons (Fsp3) is 0.556. The SMILES string of the molecule is CCCN(Cc1nc(Cc2ccccc2)no1)C1CCNCC1.Cl. The summed E-state index contributed by atoms with van der Waals surface area (Å²) in [5.74, 6) is 1.51. The summed E-state index contributed by atoms with van der Waals surface area (Å²) in [4.78, 5) is 7.09. The van der Waals surface area contributed by atoms with Crippen LogP contribution in [0.15, 0.2) is 34.9 Å². The van der Waals surface area contributed by atoms with Gasteiger partial charge in [-0.15, -0.1) is 12.4 Å². The molecule has 0 bridgehead atoms. The molecule has 0 radical (unpaired) electrons. The van der Waals surface area contributed by atoms with E-state index < -0.39 is 0 Å². The molecule has 0 spiro atoms. The van der Waals surface area contributed by atoms with Crippen molar-refractivity contribution < 1.29 is 4.52 Å². The molecule has 5 nitrogen and oxygen atoms in total. The van der Waals surface area contributed by atoms with Gasteiger partial charge in [0.15, 0.2) is 5.82 Å². The van der Waals surface area contributed by atoms with E-state index in [1.165, 1.54) is 18.4 Å². The smallest absolute Gasteiger partial charge is 0.240 e. The first-order valence-corrected chi connectivity index (χ1v) is 8.65. The van der Waals surface area contributed by atoms with Gasteiger partial charge in [0.1, 0.15) is 0 Å². The summed E-state index contributed by atoms with van der Waals surface area (Å²) >= 11 is 0. The molecule has 1 aromatic carbocycles. The van der Waals surface area contributed by atoms with E-state index in [4.69, 9.17) is 4.52 Å². The Morgan fingerprint density at radius 1 is 1.21 bits per heavy atom. The van der Waals surface area contributed by atoms with Crippen LogP contribution in [0.25, 0.3) is 0 Å². The quantitative estimate of drug-likeness (QED) is 0.831. The van der Waals surface area contributed by atoms with Crippen LogP contribution in [0.3, 0.4) is 0 Å². The third kappa shape index (κ3) is 5.30. The standard InChI is InChI=1S/C18H26N4O.ClH/c1-2-12-22(16-8-10-19-11-9-16)14-18-20-17(21-23-18)13-15-6-4-3-5-7-15;/h3-7,16,19H,2,8-14H2,1H3;1H. The summed E-state index contributed by atoms with van der Waals surface area (Å²) < 4.78 is 5.49. The maximum absolute atomic E-state index is 5.49. The highest BCUT2D eigenvalue weighted by Crippen LogP contribution is 2.16. The maximum Gasteiger partial charge on any atom is 0.240 e. The number of aromatic nitrogens is 2. The second-order valence-corrected chi connectivity index (χ2v) is 6.22. The Balaban J connectivity index is 0.00000208. The highest BCUT2D eigenvalue weighted by molar-refractivity contribution is 5.85. The number of nitrogens with one attached hydrogen (secondary N) is 1. The average Bonchev–Trinajstić information content (AvgIpc) is 3.03. The molecule has 3 rings (SSSR count). The maximum atomic E-state index is 5.49. The van der Waals surface area contributed by atoms with Crippen molar-refractivity contribution in [2.75, 3.05) is 19.6 Å². The average molecular weight is 351 g/mol. The Hall–Kier alpha value is -1.43. The van der Waals surface area contributed by atoms with E-state index in [-0.39, 0.29) is 12.4 Å². The van der Waals surface area contributed by atoms with Crippen LogP contribution in [0.5, 0.6) is 0 Å². The molecule has 1 fully saturated rings. The number of hydrogen-bond donors (Lipinski definition) is 1. The van der Waals surface area contributed by atoms with Crippen molar-refractivity contribution >= 4 is 12.4 Å². The Morgan fingerprint density at radius 3 is 2.67 bits per heavy atom.